The Morgan fingerprint density at radius 3 is 2.67 bits per heavy atom. The molecule has 0 saturated heterocycles. The van der Waals surface area contributed by atoms with Crippen molar-refractivity contribution in [2.45, 2.75) is 64.8 Å². The lowest BCUT2D eigenvalue weighted by Gasteiger charge is -2.26. The lowest BCUT2D eigenvalue weighted by Crippen LogP contribution is -2.35. The Labute approximate surface area is 131 Å². The number of rotatable bonds is 5. The van der Waals surface area contributed by atoms with E-state index >= 15 is 0 Å². The quantitative estimate of drug-likeness (QED) is 0.852. The van der Waals surface area contributed by atoms with E-state index in [1.165, 1.54) is 39.8 Å². The molecule has 1 aliphatic carbocycles. The number of benzene rings is 1. The van der Waals surface area contributed by atoms with Crippen LogP contribution in [0.1, 0.15) is 50.5 Å². The highest BCUT2D eigenvalue weighted by Gasteiger charge is 2.20. The van der Waals surface area contributed by atoms with Gasteiger partial charge in [0.15, 0.2) is 0 Å². The van der Waals surface area contributed by atoms with Gasteiger partial charge in [-0.2, -0.15) is 0 Å². The van der Waals surface area contributed by atoms with Crippen molar-refractivity contribution < 1.29 is 4.74 Å². The minimum Gasteiger partial charge on any atom is -0.373 e. The molecule has 2 nitrogen and oxygen atoms in total. The van der Waals surface area contributed by atoms with E-state index in [4.69, 9.17) is 4.74 Å². The van der Waals surface area contributed by atoms with Crippen LogP contribution in [0.5, 0.6) is 0 Å². The third-order valence-electron chi connectivity index (χ3n) is 4.08. The summed E-state index contributed by atoms with van der Waals surface area (Å²) in [5, 5.41) is 4.98. The van der Waals surface area contributed by atoms with Gasteiger partial charge in [0.05, 0.1) is 12.7 Å². The summed E-state index contributed by atoms with van der Waals surface area (Å²) in [7, 11) is 0. The van der Waals surface area contributed by atoms with Crippen molar-refractivity contribution in [1.29, 1.82) is 0 Å². The first-order chi connectivity index (χ1) is 10.0. The Kier molecular flexibility index (Phi) is 4.34. The molecular formula is C18H25NOS. The second-order valence-electron chi connectivity index (χ2n) is 6.97. The molecule has 1 fully saturated rings. The molecule has 1 aromatic heterocycles. The van der Waals surface area contributed by atoms with Crippen molar-refractivity contribution in [3.63, 3.8) is 0 Å². The SMILES string of the molecule is CC(C)(C)NCc1sc2ccccc2c1COC1CCC1. The molecule has 1 aliphatic rings. The number of hydrogen-bond acceptors (Lipinski definition) is 3. The molecule has 0 unspecified atom stereocenters. The first kappa shape index (κ1) is 15.0. The monoisotopic (exact) mass is 303 g/mol. The summed E-state index contributed by atoms with van der Waals surface area (Å²) < 4.78 is 7.45. The molecule has 1 saturated carbocycles. The van der Waals surface area contributed by atoms with Gasteiger partial charge in [0.2, 0.25) is 0 Å². The third kappa shape index (κ3) is 3.65. The Morgan fingerprint density at radius 1 is 1.24 bits per heavy atom. The highest BCUT2D eigenvalue weighted by Crippen LogP contribution is 2.33. The molecule has 0 radical (unpaired) electrons. The van der Waals surface area contributed by atoms with Crippen LogP contribution in [-0.4, -0.2) is 11.6 Å². The van der Waals surface area contributed by atoms with Crippen LogP contribution in [-0.2, 0) is 17.9 Å². The van der Waals surface area contributed by atoms with Crippen LogP contribution in [0.4, 0.5) is 0 Å². The summed E-state index contributed by atoms with van der Waals surface area (Å²) in [5.74, 6) is 0. The summed E-state index contributed by atoms with van der Waals surface area (Å²) >= 11 is 1.90. The number of thiophene rings is 1. The number of nitrogens with one attached hydrogen (secondary N) is 1. The summed E-state index contributed by atoms with van der Waals surface area (Å²) in [5.41, 5.74) is 1.53. The zero-order valence-corrected chi connectivity index (χ0v) is 14.1. The Balaban J connectivity index is 1.82. The maximum Gasteiger partial charge on any atom is 0.0738 e. The summed E-state index contributed by atoms with van der Waals surface area (Å²) in [6.45, 7) is 8.32. The van der Waals surface area contributed by atoms with Gasteiger partial charge in [-0.1, -0.05) is 18.2 Å². The van der Waals surface area contributed by atoms with Gasteiger partial charge in [-0.15, -0.1) is 11.3 Å². The van der Waals surface area contributed by atoms with Crippen molar-refractivity contribution in [3.05, 3.63) is 34.7 Å². The fourth-order valence-corrected chi connectivity index (χ4v) is 3.68. The molecule has 0 bridgehead atoms. The van der Waals surface area contributed by atoms with Crippen LogP contribution in [0.15, 0.2) is 24.3 Å². The van der Waals surface area contributed by atoms with Crippen LogP contribution < -0.4 is 5.32 Å². The topological polar surface area (TPSA) is 21.3 Å². The van der Waals surface area contributed by atoms with Crippen molar-refractivity contribution in [2.75, 3.05) is 0 Å². The zero-order chi connectivity index (χ0) is 14.9. The van der Waals surface area contributed by atoms with E-state index in [-0.39, 0.29) is 5.54 Å². The van der Waals surface area contributed by atoms with Gasteiger partial charge in [0, 0.05) is 27.2 Å². The predicted octanol–water partition coefficient (Wildman–Crippen LogP) is 4.86. The fraction of sp³-hybridized carbons (Fsp3) is 0.556. The van der Waals surface area contributed by atoms with Gasteiger partial charge in [-0.3, -0.25) is 0 Å². The Hall–Kier alpha value is -0.900. The van der Waals surface area contributed by atoms with Crippen LogP contribution in [0.25, 0.3) is 10.1 Å². The molecule has 2 aromatic rings. The normalized spacial score (nSPS) is 16.3. The Morgan fingerprint density at radius 2 is 2.00 bits per heavy atom. The first-order valence-corrected chi connectivity index (χ1v) is 8.70. The summed E-state index contributed by atoms with van der Waals surface area (Å²) in [6, 6.07) is 8.69. The van der Waals surface area contributed by atoms with Crippen LogP contribution >= 0.6 is 11.3 Å². The fourth-order valence-electron chi connectivity index (χ4n) is 2.53. The van der Waals surface area contributed by atoms with E-state index < -0.39 is 0 Å². The lowest BCUT2D eigenvalue weighted by molar-refractivity contribution is -0.00834. The van der Waals surface area contributed by atoms with E-state index in [9.17, 15) is 0 Å². The van der Waals surface area contributed by atoms with E-state index in [2.05, 4.69) is 50.4 Å². The molecular weight excluding hydrogens is 278 g/mol. The average Bonchev–Trinajstić information content (AvgIpc) is 2.72. The first-order valence-electron chi connectivity index (χ1n) is 7.89. The maximum absolute atomic E-state index is 6.08. The lowest BCUT2D eigenvalue weighted by atomic mass is 9.96. The van der Waals surface area contributed by atoms with Gasteiger partial charge in [0.25, 0.3) is 0 Å². The third-order valence-corrected chi connectivity index (χ3v) is 5.29. The van der Waals surface area contributed by atoms with E-state index in [0.29, 0.717) is 6.10 Å². The number of hydrogen-bond donors (Lipinski definition) is 1. The second-order valence-corrected chi connectivity index (χ2v) is 8.10. The molecule has 1 aromatic carbocycles. The van der Waals surface area contributed by atoms with Crippen LogP contribution in [0.3, 0.4) is 0 Å². The Bertz CT molecular complexity index is 607. The van der Waals surface area contributed by atoms with Gasteiger partial charge in [-0.25, -0.2) is 0 Å². The molecule has 21 heavy (non-hydrogen) atoms. The van der Waals surface area contributed by atoms with Crippen LogP contribution in [0, 0.1) is 0 Å². The minimum absolute atomic E-state index is 0.141. The number of fused-ring (bicyclic) bond motifs is 1. The van der Waals surface area contributed by atoms with Gasteiger partial charge in [-0.05, 0) is 51.5 Å². The summed E-state index contributed by atoms with van der Waals surface area (Å²) in [6.07, 6.45) is 4.29. The highest BCUT2D eigenvalue weighted by molar-refractivity contribution is 7.19. The number of ether oxygens (including phenoxy) is 1. The van der Waals surface area contributed by atoms with Gasteiger partial charge >= 0.3 is 0 Å². The molecule has 3 heteroatoms. The molecule has 0 amide bonds. The highest BCUT2D eigenvalue weighted by atomic mass is 32.1. The predicted molar refractivity (Wildman–Crippen MR) is 90.8 cm³/mol. The summed E-state index contributed by atoms with van der Waals surface area (Å²) in [4.78, 5) is 1.42. The smallest absolute Gasteiger partial charge is 0.0738 e. The van der Waals surface area contributed by atoms with Crippen molar-refractivity contribution >= 4 is 21.4 Å². The van der Waals surface area contributed by atoms with Gasteiger partial charge < -0.3 is 10.1 Å². The molecule has 1 heterocycles. The van der Waals surface area contributed by atoms with Crippen LogP contribution in [0.2, 0.25) is 0 Å². The molecule has 3 rings (SSSR count). The molecule has 0 atom stereocenters. The largest absolute Gasteiger partial charge is 0.373 e. The van der Waals surface area contributed by atoms with E-state index in [1.54, 1.807) is 0 Å². The molecule has 114 valence electrons. The van der Waals surface area contributed by atoms with Crippen molar-refractivity contribution in [2.24, 2.45) is 0 Å². The van der Waals surface area contributed by atoms with E-state index in [0.717, 1.165) is 13.2 Å². The second kappa shape index (κ2) is 6.07. The molecule has 0 spiro atoms. The van der Waals surface area contributed by atoms with Crippen molar-refractivity contribution in [1.82, 2.24) is 5.32 Å². The molecule has 0 aliphatic heterocycles. The van der Waals surface area contributed by atoms with Gasteiger partial charge in [0.1, 0.15) is 0 Å². The zero-order valence-electron chi connectivity index (χ0n) is 13.2. The maximum atomic E-state index is 6.08. The van der Waals surface area contributed by atoms with E-state index in [1.807, 2.05) is 11.3 Å². The standard InChI is InChI=1S/C18H25NOS/c1-18(2,3)19-11-17-15(12-20-13-7-6-8-13)14-9-4-5-10-16(14)21-17/h4-5,9-10,13,19H,6-8,11-12H2,1-3H3. The van der Waals surface area contributed by atoms with Crippen molar-refractivity contribution in [3.8, 4) is 0 Å². The minimum atomic E-state index is 0.141. The average molecular weight is 303 g/mol. The molecule has 1 N–H and O–H groups in total.